The predicted molar refractivity (Wildman–Crippen MR) is 45.7 cm³/mol. The zero-order valence-electron chi connectivity index (χ0n) is 6.28. The number of nitrogens with zero attached hydrogens (tertiary/aromatic N) is 1. The standard InChI is InChI=1S/C7H8BNO2/c1-8-6-2-4-7(5-3-6)9(10)11/h2-5,8H,1H3. The van der Waals surface area contributed by atoms with Gasteiger partial charge < -0.3 is 0 Å². The van der Waals surface area contributed by atoms with Crippen LogP contribution in [0.5, 0.6) is 0 Å². The molecule has 1 rings (SSSR count). The Hall–Kier alpha value is -1.32. The largest absolute Gasteiger partial charge is 0.269 e. The van der Waals surface area contributed by atoms with E-state index in [-0.39, 0.29) is 10.6 Å². The third-order valence-corrected chi connectivity index (χ3v) is 1.56. The van der Waals surface area contributed by atoms with Gasteiger partial charge in [0.2, 0.25) is 0 Å². The number of nitro benzene ring substituents is 1. The summed E-state index contributed by atoms with van der Waals surface area (Å²) in [6.07, 6.45) is 0. The lowest BCUT2D eigenvalue weighted by atomic mass is 9.73. The van der Waals surface area contributed by atoms with E-state index in [9.17, 15) is 10.1 Å². The normalized spacial score (nSPS) is 9.18. The summed E-state index contributed by atoms with van der Waals surface area (Å²) in [7, 11) is 0.915. The highest BCUT2D eigenvalue weighted by molar-refractivity contribution is 6.51. The summed E-state index contributed by atoms with van der Waals surface area (Å²) in [4.78, 5) is 9.82. The second-order valence-corrected chi connectivity index (χ2v) is 2.28. The van der Waals surface area contributed by atoms with Gasteiger partial charge in [-0.1, -0.05) is 24.4 Å². The molecule has 0 aliphatic rings. The Morgan fingerprint density at radius 1 is 1.36 bits per heavy atom. The van der Waals surface area contributed by atoms with Crippen molar-refractivity contribution in [3.63, 3.8) is 0 Å². The smallest absolute Gasteiger partial charge is 0.258 e. The lowest BCUT2D eigenvalue weighted by Gasteiger charge is -1.92. The van der Waals surface area contributed by atoms with Crippen molar-refractivity contribution in [1.29, 1.82) is 0 Å². The molecule has 0 saturated heterocycles. The average molecular weight is 149 g/mol. The quantitative estimate of drug-likeness (QED) is 0.353. The van der Waals surface area contributed by atoms with Crippen LogP contribution in [-0.2, 0) is 0 Å². The number of non-ortho nitro benzene ring substituents is 1. The monoisotopic (exact) mass is 149 g/mol. The molecule has 0 aliphatic heterocycles. The Balaban J connectivity index is 2.91. The first-order valence-electron chi connectivity index (χ1n) is 3.47. The van der Waals surface area contributed by atoms with Crippen LogP contribution >= 0.6 is 0 Å². The van der Waals surface area contributed by atoms with Gasteiger partial charge in [0.1, 0.15) is 0 Å². The molecule has 0 N–H and O–H groups in total. The van der Waals surface area contributed by atoms with Gasteiger partial charge in [-0.15, -0.1) is 0 Å². The molecule has 4 heteroatoms. The molecule has 0 fully saturated rings. The minimum absolute atomic E-state index is 0.155. The lowest BCUT2D eigenvalue weighted by molar-refractivity contribution is -0.384. The summed E-state index contributed by atoms with van der Waals surface area (Å²) in [5.41, 5.74) is 1.28. The fraction of sp³-hybridized carbons (Fsp3) is 0.143. The third kappa shape index (κ3) is 1.80. The van der Waals surface area contributed by atoms with Crippen molar-refractivity contribution in [2.24, 2.45) is 0 Å². The van der Waals surface area contributed by atoms with Crippen molar-refractivity contribution in [2.45, 2.75) is 6.82 Å². The Bertz CT molecular complexity index is 258. The van der Waals surface area contributed by atoms with Crippen molar-refractivity contribution in [3.8, 4) is 0 Å². The van der Waals surface area contributed by atoms with Gasteiger partial charge in [0.05, 0.1) is 4.92 Å². The molecule has 1 aromatic rings. The molecule has 0 aliphatic carbocycles. The van der Waals surface area contributed by atoms with Crippen molar-refractivity contribution >= 4 is 18.4 Å². The van der Waals surface area contributed by atoms with E-state index in [1.807, 2.05) is 6.82 Å². The van der Waals surface area contributed by atoms with Crippen LogP contribution in [0.25, 0.3) is 0 Å². The molecule has 0 spiro atoms. The first kappa shape index (κ1) is 7.79. The van der Waals surface area contributed by atoms with Gasteiger partial charge in [0, 0.05) is 12.1 Å². The fourth-order valence-electron chi connectivity index (χ4n) is 0.853. The predicted octanol–water partition coefficient (Wildman–Crippen LogP) is 0.705. The molecule has 0 aromatic heterocycles. The number of benzene rings is 1. The maximum absolute atomic E-state index is 10.2. The molecular formula is C7H8BNO2. The molecule has 0 unspecified atom stereocenters. The van der Waals surface area contributed by atoms with Gasteiger partial charge in [0.25, 0.3) is 5.69 Å². The summed E-state index contributed by atoms with van der Waals surface area (Å²) in [6.45, 7) is 2.02. The Morgan fingerprint density at radius 3 is 2.27 bits per heavy atom. The van der Waals surface area contributed by atoms with E-state index in [1.165, 1.54) is 12.1 Å². The highest BCUT2D eigenvalue weighted by Crippen LogP contribution is 2.06. The zero-order valence-corrected chi connectivity index (χ0v) is 6.28. The fourth-order valence-corrected chi connectivity index (χ4v) is 0.853. The highest BCUT2D eigenvalue weighted by atomic mass is 16.6. The topological polar surface area (TPSA) is 43.1 Å². The van der Waals surface area contributed by atoms with Crippen LogP contribution in [0.2, 0.25) is 6.82 Å². The molecule has 3 nitrogen and oxygen atoms in total. The van der Waals surface area contributed by atoms with E-state index in [4.69, 9.17) is 0 Å². The zero-order chi connectivity index (χ0) is 8.27. The van der Waals surface area contributed by atoms with E-state index >= 15 is 0 Å². The maximum atomic E-state index is 10.2. The van der Waals surface area contributed by atoms with Crippen molar-refractivity contribution in [1.82, 2.24) is 0 Å². The molecule has 0 heterocycles. The molecule has 0 amide bonds. The summed E-state index contributed by atoms with van der Waals surface area (Å²) in [5, 5.41) is 10.2. The summed E-state index contributed by atoms with van der Waals surface area (Å²) in [5.74, 6) is 0. The highest BCUT2D eigenvalue weighted by Gasteiger charge is 2.02. The van der Waals surface area contributed by atoms with E-state index in [2.05, 4.69) is 0 Å². The van der Waals surface area contributed by atoms with Crippen molar-refractivity contribution < 1.29 is 4.92 Å². The van der Waals surface area contributed by atoms with Gasteiger partial charge in [-0.3, -0.25) is 10.1 Å². The molecule has 56 valence electrons. The first-order valence-corrected chi connectivity index (χ1v) is 3.47. The Labute approximate surface area is 65.4 Å². The van der Waals surface area contributed by atoms with Crippen LogP contribution in [0.1, 0.15) is 0 Å². The van der Waals surface area contributed by atoms with Crippen LogP contribution in [-0.4, -0.2) is 12.2 Å². The van der Waals surface area contributed by atoms with Gasteiger partial charge in [0.15, 0.2) is 7.28 Å². The molecule has 0 atom stereocenters. The van der Waals surface area contributed by atoms with E-state index in [0.717, 1.165) is 12.7 Å². The first-order chi connectivity index (χ1) is 5.24. The minimum Gasteiger partial charge on any atom is -0.258 e. The average Bonchev–Trinajstić information content (AvgIpc) is 2.05. The second-order valence-electron chi connectivity index (χ2n) is 2.28. The maximum Gasteiger partial charge on any atom is 0.269 e. The number of rotatable bonds is 2. The summed E-state index contributed by atoms with van der Waals surface area (Å²) >= 11 is 0. The number of hydrogen-bond acceptors (Lipinski definition) is 2. The number of nitro groups is 1. The second kappa shape index (κ2) is 3.19. The SMILES string of the molecule is CBc1ccc([N+](=O)[O-])cc1. The Morgan fingerprint density at radius 2 is 1.91 bits per heavy atom. The summed E-state index contributed by atoms with van der Waals surface area (Å²) in [6, 6.07) is 6.61. The van der Waals surface area contributed by atoms with E-state index < -0.39 is 0 Å². The Kier molecular flexibility index (Phi) is 2.26. The van der Waals surface area contributed by atoms with Crippen LogP contribution in [0.15, 0.2) is 24.3 Å². The molecule has 0 radical (unpaired) electrons. The van der Waals surface area contributed by atoms with Crippen molar-refractivity contribution in [2.75, 3.05) is 0 Å². The molecule has 11 heavy (non-hydrogen) atoms. The summed E-state index contributed by atoms with van der Waals surface area (Å²) < 4.78 is 0. The number of hydrogen-bond donors (Lipinski definition) is 0. The van der Waals surface area contributed by atoms with Crippen molar-refractivity contribution in [3.05, 3.63) is 34.4 Å². The van der Waals surface area contributed by atoms with Crippen LogP contribution in [0, 0.1) is 10.1 Å². The van der Waals surface area contributed by atoms with Gasteiger partial charge >= 0.3 is 0 Å². The van der Waals surface area contributed by atoms with Crippen LogP contribution in [0.4, 0.5) is 5.69 Å². The molecule has 1 aromatic carbocycles. The minimum atomic E-state index is -0.389. The molecule has 0 bridgehead atoms. The van der Waals surface area contributed by atoms with Gasteiger partial charge in [-0.25, -0.2) is 0 Å². The molecule has 0 saturated carbocycles. The van der Waals surface area contributed by atoms with E-state index in [1.54, 1.807) is 12.1 Å². The van der Waals surface area contributed by atoms with Crippen LogP contribution < -0.4 is 5.46 Å². The van der Waals surface area contributed by atoms with E-state index in [0.29, 0.717) is 0 Å². The third-order valence-electron chi connectivity index (χ3n) is 1.56. The lowest BCUT2D eigenvalue weighted by Crippen LogP contribution is -2.08. The van der Waals surface area contributed by atoms with Gasteiger partial charge in [-0.05, 0) is 0 Å². The van der Waals surface area contributed by atoms with Gasteiger partial charge in [-0.2, -0.15) is 0 Å². The van der Waals surface area contributed by atoms with Crippen LogP contribution in [0.3, 0.4) is 0 Å². The molecular weight excluding hydrogens is 141 g/mol.